The molecule has 2 N–H and O–H groups in total. The van der Waals surface area contributed by atoms with Crippen LogP contribution in [0.25, 0.3) is 0 Å². The van der Waals surface area contributed by atoms with Gasteiger partial charge in [0.15, 0.2) is 0 Å². The number of amides is 1. The number of rotatable bonds is 6. The molecule has 0 aliphatic carbocycles. The number of nitrogens with zero attached hydrogens (tertiary/aromatic N) is 3. The molecule has 0 spiro atoms. The van der Waals surface area contributed by atoms with Crippen LogP contribution in [0.4, 0.5) is 0 Å². The lowest BCUT2D eigenvalue weighted by molar-refractivity contribution is -0.121. The average molecular weight is 329 g/mol. The number of aromatic nitrogens is 3. The van der Waals surface area contributed by atoms with Crippen LogP contribution in [0, 0.1) is 11.8 Å². The minimum Gasteiger partial charge on any atom is -0.298 e. The molecule has 7 nitrogen and oxygen atoms in total. The lowest BCUT2D eigenvalue weighted by Crippen LogP contribution is -2.37. The second kappa shape index (κ2) is 7.44. The molecular weight excluding hydrogens is 306 g/mol. The second-order valence-corrected chi connectivity index (χ2v) is 6.34. The van der Waals surface area contributed by atoms with Crippen molar-refractivity contribution in [3.8, 4) is 0 Å². The Morgan fingerprint density at radius 1 is 1.33 bits per heavy atom. The summed E-state index contributed by atoms with van der Waals surface area (Å²) in [4.78, 5) is 26.4. The quantitative estimate of drug-likeness (QED) is 0.834. The standard InChI is InChI=1S/C17H23N5O2/c1-2-6-14-10-21(9-13-7-4-3-5-8-13)11-15(14)16(23)20-22-12-18-19-17(22)24/h3-5,7-8,12,14-15H,2,6,9-11H2,1H3,(H,19,24)(H,20,23)/t14-,15-/m1/s1. The Kier molecular flexibility index (Phi) is 5.10. The third-order valence-electron chi connectivity index (χ3n) is 4.54. The summed E-state index contributed by atoms with van der Waals surface area (Å²) in [5.41, 5.74) is 3.46. The highest BCUT2D eigenvalue weighted by Gasteiger charge is 2.37. The molecule has 0 saturated carbocycles. The molecule has 7 heteroatoms. The van der Waals surface area contributed by atoms with Crippen molar-refractivity contribution in [2.45, 2.75) is 26.3 Å². The molecule has 2 heterocycles. The zero-order valence-corrected chi connectivity index (χ0v) is 13.8. The SMILES string of the molecule is CCC[C@@H]1CN(Cc2ccccc2)C[C@H]1C(=O)Nn1cn[nH]c1=O. The molecule has 128 valence electrons. The molecule has 1 aromatic heterocycles. The molecule has 0 unspecified atom stereocenters. The Bertz CT molecular complexity index is 724. The summed E-state index contributed by atoms with van der Waals surface area (Å²) in [6, 6.07) is 10.3. The van der Waals surface area contributed by atoms with Crippen LogP contribution < -0.4 is 11.1 Å². The maximum atomic E-state index is 12.6. The highest BCUT2D eigenvalue weighted by Crippen LogP contribution is 2.29. The van der Waals surface area contributed by atoms with Crippen molar-refractivity contribution in [1.29, 1.82) is 0 Å². The van der Waals surface area contributed by atoms with Crippen LogP contribution in [0.3, 0.4) is 0 Å². The van der Waals surface area contributed by atoms with Crippen molar-refractivity contribution in [3.05, 3.63) is 52.7 Å². The predicted molar refractivity (Wildman–Crippen MR) is 90.8 cm³/mol. The monoisotopic (exact) mass is 329 g/mol. The third-order valence-corrected chi connectivity index (χ3v) is 4.54. The molecule has 1 amide bonds. The van der Waals surface area contributed by atoms with Crippen molar-refractivity contribution in [2.75, 3.05) is 18.5 Å². The van der Waals surface area contributed by atoms with Gasteiger partial charge in [0.1, 0.15) is 6.33 Å². The largest absolute Gasteiger partial charge is 0.362 e. The summed E-state index contributed by atoms with van der Waals surface area (Å²) in [6.45, 7) is 4.59. The first-order valence-corrected chi connectivity index (χ1v) is 8.36. The van der Waals surface area contributed by atoms with Crippen molar-refractivity contribution < 1.29 is 4.79 Å². The van der Waals surface area contributed by atoms with E-state index in [1.54, 1.807) is 0 Å². The summed E-state index contributed by atoms with van der Waals surface area (Å²) in [7, 11) is 0. The first kappa shape index (κ1) is 16.4. The topological polar surface area (TPSA) is 83.0 Å². The molecule has 0 bridgehead atoms. The minimum absolute atomic E-state index is 0.115. The van der Waals surface area contributed by atoms with Gasteiger partial charge in [-0.15, -0.1) is 0 Å². The Balaban J connectivity index is 1.67. The molecule has 1 aliphatic rings. The van der Waals surface area contributed by atoms with Crippen molar-refractivity contribution >= 4 is 5.91 Å². The van der Waals surface area contributed by atoms with Gasteiger partial charge < -0.3 is 0 Å². The highest BCUT2D eigenvalue weighted by molar-refractivity contribution is 5.86. The van der Waals surface area contributed by atoms with Gasteiger partial charge in [-0.3, -0.25) is 15.1 Å². The molecule has 1 aromatic carbocycles. The predicted octanol–water partition coefficient (Wildman–Crippen LogP) is 1.19. The maximum absolute atomic E-state index is 12.6. The Morgan fingerprint density at radius 2 is 2.12 bits per heavy atom. The number of aromatic amines is 1. The fraction of sp³-hybridized carbons (Fsp3) is 0.471. The van der Waals surface area contributed by atoms with Crippen molar-refractivity contribution in [3.63, 3.8) is 0 Å². The van der Waals surface area contributed by atoms with E-state index in [9.17, 15) is 9.59 Å². The van der Waals surface area contributed by atoms with Crippen LogP contribution in [0.2, 0.25) is 0 Å². The summed E-state index contributed by atoms with van der Waals surface area (Å²) < 4.78 is 1.10. The highest BCUT2D eigenvalue weighted by atomic mass is 16.2. The van der Waals surface area contributed by atoms with Crippen LogP contribution in [0.5, 0.6) is 0 Å². The van der Waals surface area contributed by atoms with E-state index in [4.69, 9.17) is 0 Å². The normalized spacial score (nSPS) is 21.0. The lowest BCUT2D eigenvalue weighted by atomic mass is 9.91. The van der Waals surface area contributed by atoms with Gasteiger partial charge in [0, 0.05) is 19.6 Å². The molecular formula is C17H23N5O2. The third kappa shape index (κ3) is 3.73. The van der Waals surface area contributed by atoms with E-state index in [1.165, 1.54) is 11.9 Å². The van der Waals surface area contributed by atoms with E-state index in [1.807, 2.05) is 18.2 Å². The van der Waals surface area contributed by atoms with Gasteiger partial charge in [0.05, 0.1) is 5.92 Å². The Morgan fingerprint density at radius 3 is 2.79 bits per heavy atom. The number of hydrogen-bond acceptors (Lipinski definition) is 4. The van der Waals surface area contributed by atoms with Gasteiger partial charge in [-0.25, -0.2) is 9.89 Å². The fourth-order valence-electron chi connectivity index (χ4n) is 3.42. The van der Waals surface area contributed by atoms with Crippen LogP contribution in [0.1, 0.15) is 25.3 Å². The van der Waals surface area contributed by atoms with E-state index in [-0.39, 0.29) is 11.8 Å². The number of carbonyl (C=O) groups excluding carboxylic acids is 1. The lowest BCUT2D eigenvalue weighted by Gasteiger charge is -2.16. The molecule has 1 aliphatic heterocycles. The van der Waals surface area contributed by atoms with Gasteiger partial charge in [-0.05, 0) is 17.9 Å². The summed E-state index contributed by atoms with van der Waals surface area (Å²) in [5.74, 6) is 0.0734. The van der Waals surface area contributed by atoms with E-state index < -0.39 is 5.69 Å². The Hall–Kier alpha value is -2.41. The van der Waals surface area contributed by atoms with Crippen molar-refractivity contribution in [2.24, 2.45) is 11.8 Å². The van der Waals surface area contributed by atoms with Crippen LogP contribution in [-0.4, -0.2) is 38.8 Å². The van der Waals surface area contributed by atoms with Gasteiger partial charge in [-0.2, -0.15) is 9.77 Å². The smallest absolute Gasteiger partial charge is 0.298 e. The van der Waals surface area contributed by atoms with E-state index in [2.05, 4.69) is 39.6 Å². The second-order valence-electron chi connectivity index (χ2n) is 6.34. The van der Waals surface area contributed by atoms with E-state index >= 15 is 0 Å². The van der Waals surface area contributed by atoms with E-state index in [0.29, 0.717) is 12.5 Å². The van der Waals surface area contributed by atoms with Crippen LogP contribution >= 0.6 is 0 Å². The number of nitrogens with one attached hydrogen (secondary N) is 2. The molecule has 2 aromatic rings. The fourth-order valence-corrected chi connectivity index (χ4v) is 3.42. The molecule has 2 atom stereocenters. The number of hydrogen-bond donors (Lipinski definition) is 2. The molecule has 1 fully saturated rings. The summed E-state index contributed by atoms with van der Waals surface area (Å²) >= 11 is 0. The Labute approximate surface area is 140 Å². The van der Waals surface area contributed by atoms with Gasteiger partial charge in [-0.1, -0.05) is 43.7 Å². The average Bonchev–Trinajstić information content (AvgIpc) is 3.15. The zero-order chi connectivity index (χ0) is 16.9. The molecule has 24 heavy (non-hydrogen) atoms. The van der Waals surface area contributed by atoms with Crippen LogP contribution in [-0.2, 0) is 11.3 Å². The number of H-pyrrole nitrogens is 1. The number of benzene rings is 1. The molecule has 3 rings (SSSR count). The number of carbonyl (C=O) groups is 1. The summed E-state index contributed by atoms with van der Waals surface area (Å²) in [5, 5.41) is 5.90. The van der Waals surface area contributed by atoms with Gasteiger partial charge in [0.25, 0.3) is 0 Å². The van der Waals surface area contributed by atoms with Gasteiger partial charge >= 0.3 is 5.69 Å². The molecule has 0 radical (unpaired) electrons. The minimum atomic E-state index is -0.436. The van der Waals surface area contributed by atoms with E-state index in [0.717, 1.165) is 30.6 Å². The zero-order valence-electron chi connectivity index (χ0n) is 13.8. The van der Waals surface area contributed by atoms with Crippen molar-refractivity contribution in [1.82, 2.24) is 19.8 Å². The first-order chi connectivity index (χ1) is 11.7. The van der Waals surface area contributed by atoms with Crippen LogP contribution in [0.15, 0.2) is 41.5 Å². The first-order valence-electron chi connectivity index (χ1n) is 8.36. The number of likely N-dealkylation sites (tertiary alicyclic amines) is 1. The van der Waals surface area contributed by atoms with Gasteiger partial charge in [0.2, 0.25) is 5.91 Å². The molecule has 1 saturated heterocycles. The summed E-state index contributed by atoms with van der Waals surface area (Å²) in [6.07, 6.45) is 3.33. The maximum Gasteiger partial charge on any atom is 0.362 e.